The lowest BCUT2D eigenvalue weighted by atomic mass is 9.95. The van der Waals surface area contributed by atoms with Crippen LogP contribution >= 0.6 is 0 Å². The number of methoxy groups -OCH3 is 2. The number of hydrogen-bond acceptors (Lipinski definition) is 5. The zero-order chi connectivity index (χ0) is 15.9. The van der Waals surface area contributed by atoms with Crippen molar-refractivity contribution < 1.29 is 23.8 Å². The zero-order valence-corrected chi connectivity index (χ0v) is 12.5. The molecule has 0 bridgehead atoms. The van der Waals surface area contributed by atoms with E-state index in [1.54, 1.807) is 32.4 Å². The van der Waals surface area contributed by atoms with Crippen LogP contribution in [0.25, 0.3) is 0 Å². The van der Waals surface area contributed by atoms with Gasteiger partial charge in [-0.3, -0.25) is 4.90 Å². The molecule has 0 saturated carbocycles. The number of hydrogen-bond donors (Lipinski definition) is 1. The summed E-state index contributed by atoms with van der Waals surface area (Å²) in [6.45, 7) is 0.113. The van der Waals surface area contributed by atoms with E-state index in [2.05, 4.69) is 5.32 Å². The number of amides is 2. The first-order valence-electron chi connectivity index (χ1n) is 6.73. The highest BCUT2D eigenvalue weighted by Crippen LogP contribution is 2.37. The molecule has 0 aliphatic carbocycles. The Hall–Kier alpha value is -2.70. The zero-order valence-electron chi connectivity index (χ0n) is 12.5. The van der Waals surface area contributed by atoms with Crippen molar-refractivity contribution in [3.8, 4) is 11.5 Å². The number of nitrogens with zero attached hydrogens (tertiary/aromatic N) is 1. The largest absolute Gasteiger partial charge is 0.493 e. The maximum absolute atomic E-state index is 12.1. The van der Waals surface area contributed by atoms with Crippen LogP contribution in [0.15, 0.2) is 29.5 Å². The lowest BCUT2D eigenvalue weighted by molar-refractivity contribution is -0.136. The second-order valence-electron chi connectivity index (χ2n) is 4.99. The molecule has 1 aromatic rings. The van der Waals surface area contributed by atoms with Gasteiger partial charge >= 0.3 is 12.0 Å². The fraction of sp³-hybridized carbons (Fsp3) is 0.333. The van der Waals surface area contributed by atoms with Crippen molar-refractivity contribution in [1.29, 1.82) is 0 Å². The number of rotatable bonds is 3. The molecule has 22 heavy (non-hydrogen) atoms. The Kier molecular flexibility index (Phi) is 3.40. The van der Waals surface area contributed by atoms with Crippen molar-refractivity contribution in [3.05, 3.63) is 35.0 Å². The standard InChI is InChI=1S/C15H16N2O5/c1-17-9-7-22-14(18)12(9)13(16-15(17)19)8-4-5-10(20-2)11(6-8)21-3/h4-6,13H,7H2,1-3H3,(H,16,19)/t13-/m1/s1. The summed E-state index contributed by atoms with van der Waals surface area (Å²) in [4.78, 5) is 25.5. The van der Waals surface area contributed by atoms with Crippen LogP contribution in [0.3, 0.4) is 0 Å². The number of ether oxygens (including phenoxy) is 3. The number of nitrogens with one attached hydrogen (secondary N) is 1. The molecule has 0 spiro atoms. The van der Waals surface area contributed by atoms with E-state index in [-0.39, 0.29) is 12.6 Å². The van der Waals surface area contributed by atoms with Crippen LogP contribution in [-0.2, 0) is 9.53 Å². The fourth-order valence-corrected chi connectivity index (χ4v) is 2.67. The molecule has 7 nitrogen and oxygen atoms in total. The van der Waals surface area contributed by atoms with Crippen LogP contribution in [0.2, 0.25) is 0 Å². The highest BCUT2D eigenvalue weighted by atomic mass is 16.5. The summed E-state index contributed by atoms with van der Waals surface area (Å²) in [5, 5.41) is 2.80. The Morgan fingerprint density at radius 1 is 1.23 bits per heavy atom. The summed E-state index contributed by atoms with van der Waals surface area (Å²) < 4.78 is 15.5. The summed E-state index contributed by atoms with van der Waals surface area (Å²) in [5.74, 6) is 0.692. The van der Waals surface area contributed by atoms with E-state index in [1.807, 2.05) is 0 Å². The number of carbonyl (C=O) groups is 2. The van der Waals surface area contributed by atoms with E-state index in [9.17, 15) is 9.59 Å². The van der Waals surface area contributed by atoms with Gasteiger partial charge < -0.3 is 19.5 Å². The molecule has 2 aliphatic heterocycles. The third-order valence-electron chi connectivity index (χ3n) is 3.88. The van der Waals surface area contributed by atoms with Crippen molar-refractivity contribution >= 4 is 12.0 Å². The van der Waals surface area contributed by atoms with Gasteiger partial charge in [-0.2, -0.15) is 0 Å². The molecule has 2 heterocycles. The van der Waals surface area contributed by atoms with Gasteiger partial charge in [-0.1, -0.05) is 6.07 Å². The number of cyclic esters (lactones) is 1. The molecular formula is C15H16N2O5. The van der Waals surface area contributed by atoms with Gasteiger partial charge in [-0.25, -0.2) is 9.59 Å². The molecule has 116 valence electrons. The normalized spacial score (nSPS) is 20.5. The van der Waals surface area contributed by atoms with Crippen molar-refractivity contribution in [2.45, 2.75) is 6.04 Å². The maximum Gasteiger partial charge on any atom is 0.338 e. The summed E-state index contributed by atoms with van der Waals surface area (Å²) in [5.41, 5.74) is 1.77. The van der Waals surface area contributed by atoms with Crippen molar-refractivity contribution in [2.75, 3.05) is 27.9 Å². The van der Waals surface area contributed by atoms with Crippen LogP contribution in [0, 0.1) is 0 Å². The fourth-order valence-electron chi connectivity index (χ4n) is 2.67. The highest BCUT2D eigenvalue weighted by Gasteiger charge is 2.40. The topological polar surface area (TPSA) is 77.1 Å². The van der Waals surface area contributed by atoms with Gasteiger partial charge in [0.15, 0.2) is 11.5 Å². The minimum absolute atomic E-state index is 0.113. The molecule has 1 N–H and O–H groups in total. The minimum Gasteiger partial charge on any atom is -0.493 e. The van der Waals surface area contributed by atoms with Crippen molar-refractivity contribution in [3.63, 3.8) is 0 Å². The van der Waals surface area contributed by atoms with Gasteiger partial charge in [0.25, 0.3) is 0 Å². The molecular weight excluding hydrogens is 288 g/mol. The predicted molar refractivity (Wildman–Crippen MR) is 76.6 cm³/mol. The number of carbonyl (C=O) groups excluding carboxylic acids is 2. The second-order valence-corrected chi connectivity index (χ2v) is 4.99. The number of benzene rings is 1. The minimum atomic E-state index is -0.562. The third kappa shape index (κ3) is 2.05. The van der Waals surface area contributed by atoms with E-state index in [4.69, 9.17) is 14.2 Å². The first-order valence-corrected chi connectivity index (χ1v) is 6.73. The molecule has 0 unspecified atom stereocenters. The molecule has 7 heteroatoms. The summed E-state index contributed by atoms with van der Waals surface area (Å²) >= 11 is 0. The Labute approximate surface area is 127 Å². The average molecular weight is 304 g/mol. The molecule has 0 aromatic heterocycles. The van der Waals surface area contributed by atoms with Crippen LogP contribution < -0.4 is 14.8 Å². The number of urea groups is 1. The maximum atomic E-state index is 12.1. The first kappa shape index (κ1) is 14.2. The molecule has 1 aromatic carbocycles. The molecule has 0 saturated heterocycles. The summed E-state index contributed by atoms with van der Waals surface area (Å²) in [6.07, 6.45) is 0. The number of likely N-dealkylation sites (N-methyl/N-ethyl adjacent to an activating group) is 1. The Morgan fingerprint density at radius 2 is 1.95 bits per heavy atom. The summed E-state index contributed by atoms with van der Waals surface area (Å²) in [6, 6.07) is 4.42. The Balaban J connectivity index is 2.07. The molecule has 0 fully saturated rings. The quantitative estimate of drug-likeness (QED) is 0.849. The predicted octanol–water partition coefficient (Wildman–Crippen LogP) is 1.21. The molecule has 3 rings (SSSR count). The highest BCUT2D eigenvalue weighted by molar-refractivity contribution is 5.97. The van der Waals surface area contributed by atoms with Crippen molar-refractivity contribution in [1.82, 2.24) is 10.2 Å². The number of esters is 1. The molecule has 2 amide bonds. The smallest absolute Gasteiger partial charge is 0.338 e. The van der Waals surface area contributed by atoms with E-state index < -0.39 is 12.0 Å². The SMILES string of the molecule is COc1ccc([C@H]2NC(=O)N(C)C3=C2C(=O)OC3)cc1OC. The van der Waals surface area contributed by atoms with Crippen molar-refractivity contribution in [2.24, 2.45) is 0 Å². The van der Waals surface area contributed by atoms with Gasteiger partial charge in [-0.15, -0.1) is 0 Å². The monoisotopic (exact) mass is 304 g/mol. The Bertz CT molecular complexity index is 683. The lowest BCUT2D eigenvalue weighted by Gasteiger charge is -2.30. The molecule has 1 atom stereocenters. The second kappa shape index (κ2) is 5.25. The van der Waals surface area contributed by atoms with E-state index >= 15 is 0 Å². The third-order valence-corrected chi connectivity index (χ3v) is 3.88. The van der Waals surface area contributed by atoms with E-state index in [1.165, 1.54) is 12.0 Å². The van der Waals surface area contributed by atoms with Gasteiger partial charge in [0.05, 0.1) is 31.5 Å². The van der Waals surface area contributed by atoms with Crippen LogP contribution in [0.5, 0.6) is 11.5 Å². The van der Waals surface area contributed by atoms with Gasteiger partial charge in [0.1, 0.15) is 6.61 Å². The lowest BCUT2D eigenvalue weighted by Crippen LogP contribution is -2.45. The summed E-state index contributed by atoms with van der Waals surface area (Å²) in [7, 11) is 4.69. The van der Waals surface area contributed by atoms with Gasteiger partial charge in [-0.05, 0) is 17.7 Å². The Morgan fingerprint density at radius 3 is 2.64 bits per heavy atom. The van der Waals surface area contributed by atoms with Crippen LogP contribution in [-0.4, -0.2) is 44.8 Å². The average Bonchev–Trinajstić information content (AvgIpc) is 2.92. The van der Waals surface area contributed by atoms with Crippen LogP contribution in [0.1, 0.15) is 11.6 Å². The first-order chi connectivity index (χ1) is 10.6. The molecule has 2 aliphatic rings. The van der Waals surface area contributed by atoms with E-state index in [0.29, 0.717) is 22.8 Å². The molecule has 0 radical (unpaired) electrons. The van der Waals surface area contributed by atoms with E-state index in [0.717, 1.165) is 5.56 Å². The van der Waals surface area contributed by atoms with Gasteiger partial charge in [0, 0.05) is 7.05 Å². The van der Waals surface area contributed by atoms with Gasteiger partial charge in [0.2, 0.25) is 0 Å². The van der Waals surface area contributed by atoms with Crippen LogP contribution in [0.4, 0.5) is 4.79 Å².